The first-order valence-electron chi connectivity index (χ1n) is 6.16. The molecule has 2 N–H and O–H groups in total. The lowest BCUT2D eigenvalue weighted by Gasteiger charge is -2.20. The Balaban J connectivity index is 2.23. The predicted molar refractivity (Wildman–Crippen MR) is 81.9 cm³/mol. The number of nitrogen functional groups attached to an aromatic ring is 1. The van der Waals surface area contributed by atoms with Crippen LogP contribution in [0.5, 0.6) is 0 Å². The van der Waals surface area contributed by atoms with E-state index in [1.807, 2.05) is 19.2 Å². The minimum absolute atomic E-state index is 0.572. The number of halogens is 1. The van der Waals surface area contributed by atoms with Crippen LogP contribution < -0.4 is 10.6 Å². The molecule has 2 heterocycles. The summed E-state index contributed by atoms with van der Waals surface area (Å²) in [6.07, 6.45) is 3.42. The fourth-order valence-electron chi connectivity index (χ4n) is 1.98. The molecule has 19 heavy (non-hydrogen) atoms. The van der Waals surface area contributed by atoms with E-state index in [-0.39, 0.29) is 0 Å². The van der Waals surface area contributed by atoms with E-state index in [0.717, 1.165) is 35.1 Å². The second-order valence-electron chi connectivity index (χ2n) is 4.37. The Morgan fingerprint density at radius 1 is 1.37 bits per heavy atom. The van der Waals surface area contributed by atoms with Crippen molar-refractivity contribution in [1.29, 1.82) is 0 Å². The second-order valence-corrected chi connectivity index (χ2v) is 6.17. The summed E-state index contributed by atoms with van der Waals surface area (Å²) in [6, 6.07) is 3.95. The fraction of sp³-hybridized carbons (Fsp3) is 0.385. The largest absolute Gasteiger partial charge is 0.383 e. The SMILES string of the molecule is CCCc1c(N)ncnc1N(C)Cc1ccc(Cl)s1. The molecular formula is C13H17ClN4S. The van der Waals surface area contributed by atoms with Crippen molar-refractivity contribution < 1.29 is 0 Å². The molecule has 0 fully saturated rings. The van der Waals surface area contributed by atoms with E-state index in [1.165, 1.54) is 11.2 Å². The summed E-state index contributed by atoms with van der Waals surface area (Å²) < 4.78 is 0.805. The van der Waals surface area contributed by atoms with Gasteiger partial charge in [-0.25, -0.2) is 9.97 Å². The van der Waals surface area contributed by atoms with E-state index in [4.69, 9.17) is 17.3 Å². The first-order chi connectivity index (χ1) is 9.11. The third-order valence-corrected chi connectivity index (χ3v) is 4.06. The molecule has 2 rings (SSSR count). The Labute approximate surface area is 122 Å². The van der Waals surface area contributed by atoms with Crippen molar-refractivity contribution in [3.8, 4) is 0 Å². The Morgan fingerprint density at radius 2 is 2.16 bits per heavy atom. The zero-order valence-electron chi connectivity index (χ0n) is 11.1. The van der Waals surface area contributed by atoms with Gasteiger partial charge in [0, 0.05) is 17.5 Å². The molecule has 0 bridgehead atoms. The van der Waals surface area contributed by atoms with Crippen LogP contribution in [-0.2, 0) is 13.0 Å². The minimum Gasteiger partial charge on any atom is -0.383 e. The van der Waals surface area contributed by atoms with Gasteiger partial charge in [0.05, 0.1) is 10.9 Å². The Kier molecular flexibility index (Phi) is 4.61. The number of nitrogens with zero attached hydrogens (tertiary/aromatic N) is 3. The lowest BCUT2D eigenvalue weighted by Crippen LogP contribution is -2.20. The molecule has 0 spiro atoms. The van der Waals surface area contributed by atoms with Crippen LogP contribution in [0.15, 0.2) is 18.5 Å². The molecular weight excluding hydrogens is 280 g/mol. The predicted octanol–water partition coefficient (Wildman–Crippen LogP) is 3.36. The average molecular weight is 297 g/mol. The van der Waals surface area contributed by atoms with Gasteiger partial charge in [-0.3, -0.25) is 0 Å². The van der Waals surface area contributed by atoms with Crippen LogP contribution in [0.4, 0.5) is 11.6 Å². The summed E-state index contributed by atoms with van der Waals surface area (Å²) >= 11 is 7.53. The van der Waals surface area contributed by atoms with Crippen molar-refractivity contribution in [1.82, 2.24) is 9.97 Å². The van der Waals surface area contributed by atoms with E-state index >= 15 is 0 Å². The zero-order chi connectivity index (χ0) is 13.8. The Morgan fingerprint density at radius 3 is 2.79 bits per heavy atom. The molecule has 102 valence electrons. The number of nitrogens with two attached hydrogens (primary N) is 1. The summed E-state index contributed by atoms with van der Waals surface area (Å²) in [5.41, 5.74) is 6.97. The molecule has 0 aliphatic carbocycles. The average Bonchev–Trinajstić information content (AvgIpc) is 2.77. The highest BCUT2D eigenvalue weighted by Gasteiger charge is 2.13. The van der Waals surface area contributed by atoms with Crippen LogP contribution in [0.2, 0.25) is 4.34 Å². The maximum Gasteiger partial charge on any atom is 0.137 e. The highest BCUT2D eigenvalue weighted by molar-refractivity contribution is 7.16. The Bertz CT molecular complexity index is 555. The highest BCUT2D eigenvalue weighted by Crippen LogP contribution is 2.26. The van der Waals surface area contributed by atoms with Crippen LogP contribution in [0.3, 0.4) is 0 Å². The summed E-state index contributed by atoms with van der Waals surface area (Å²) in [7, 11) is 2.01. The maximum atomic E-state index is 5.95. The van der Waals surface area contributed by atoms with E-state index in [0.29, 0.717) is 5.82 Å². The van der Waals surface area contributed by atoms with Gasteiger partial charge in [0.25, 0.3) is 0 Å². The van der Waals surface area contributed by atoms with E-state index in [2.05, 4.69) is 21.8 Å². The van der Waals surface area contributed by atoms with Crippen molar-refractivity contribution in [3.63, 3.8) is 0 Å². The lowest BCUT2D eigenvalue weighted by atomic mass is 10.1. The first kappa shape index (κ1) is 14.1. The highest BCUT2D eigenvalue weighted by atomic mass is 35.5. The number of hydrogen-bond donors (Lipinski definition) is 1. The van der Waals surface area contributed by atoms with Gasteiger partial charge in [0.15, 0.2) is 0 Å². The molecule has 6 heteroatoms. The van der Waals surface area contributed by atoms with Crippen molar-refractivity contribution in [2.45, 2.75) is 26.3 Å². The van der Waals surface area contributed by atoms with E-state index in [1.54, 1.807) is 11.3 Å². The number of thiophene rings is 1. The first-order valence-corrected chi connectivity index (χ1v) is 7.36. The molecule has 0 aliphatic rings. The number of aromatic nitrogens is 2. The summed E-state index contributed by atoms with van der Waals surface area (Å²) in [4.78, 5) is 11.7. The molecule has 0 amide bonds. The van der Waals surface area contributed by atoms with Gasteiger partial charge in [-0.05, 0) is 18.6 Å². The topological polar surface area (TPSA) is 55.0 Å². The molecule has 0 atom stereocenters. The smallest absolute Gasteiger partial charge is 0.137 e. The normalized spacial score (nSPS) is 10.7. The van der Waals surface area contributed by atoms with Gasteiger partial charge >= 0.3 is 0 Å². The van der Waals surface area contributed by atoms with Crippen molar-refractivity contribution in [2.24, 2.45) is 0 Å². The summed E-state index contributed by atoms with van der Waals surface area (Å²) in [5, 5.41) is 0. The standard InChI is InChI=1S/C13H17ClN4S/c1-3-4-10-12(15)16-8-17-13(10)18(2)7-9-5-6-11(14)19-9/h5-6,8H,3-4,7H2,1-2H3,(H2,15,16,17). The van der Waals surface area contributed by atoms with Crippen LogP contribution in [-0.4, -0.2) is 17.0 Å². The quantitative estimate of drug-likeness (QED) is 0.919. The molecule has 0 aliphatic heterocycles. The zero-order valence-corrected chi connectivity index (χ0v) is 12.6. The summed E-state index contributed by atoms with van der Waals surface area (Å²) in [6.45, 7) is 2.89. The van der Waals surface area contributed by atoms with Crippen LogP contribution in [0.1, 0.15) is 23.8 Å². The van der Waals surface area contributed by atoms with E-state index < -0.39 is 0 Å². The fourth-order valence-corrected chi connectivity index (χ4v) is 3.12. The number of hydrogen-bond acceptors (Lipinski definition) is 5. The van der Waals surface area contributed by atoms with Crippen molar-refractivity contribution in [2.75, 3.05) is 17.7 Å². The van der Waals surface area contributed by atoms with Crippen molar-refractivity contribution >= 4 is 34.6 Å². The van der Waals surface area contributed by atoms with Gasteiger partial charge in [-0.15, -0.1) is 11.3 Å². The third-order valence-electron chi connectivity index (χ3n) is 2.84. The third kappa shape index (κ3) is 3.36. The summed E-state index contributed by atoms with van der Waals surface area (Å²) in [5.74, 6) is 1.47. The lowest BCUT2D eigenvalue weighted by molar-refractivity contribution is 0.852. The van der Waals surface area contributed by atoms with Gasteiger partial charge in [-0.1, -0.05) is 24.9 Å². The van der Waals surface area contributed by atoms with Gasteiger partial charge < -0.3 is 10.6 Å². The monoisotopic (exact) mass is 296 g/mol. The van der Waals surface area contributed by atoms with Crippen molar-refractivity contribution in [3.05, 3.63) is 33.2 Å². The van der Waals surface area contributed by atoms with E-state index in [9.17, 15) is 0 Å². The van der Waals surface area contributed by atoms with Crippen LogP contribution in [0.25, 0.3) is 0 Å². The molecule has 0 radical (unpaired) electrons. The van der Waals surface area contributed by atoms with Crippen LogP contribution >= 0.6 is 22.9 Å². The molecule has 0 aromatic carbocycles. The Hall–Kier alpha value is -1.33. The maximum absolute atomic E-state index is 5.95. The molecule has 2 aromatic heterocycles. The van der Waals surface area contributed by atoms with Gasteiger partial charge in [0.1, 0.15) is 18.0 Å². The molecule has 0 saturated carbocycles. The second kappa shape index (κ2) is 6.21. The number of anilines is 2. The van der Waals surface area contributed by atoms with Gasteiger partial charge in [-0.2, -0.15) is 0 Å². The molecule has 2 aromatic rings. The van der Waals surface area contributed by atoms with Crippen LogP contribution in [0, 0.1) is 0 Å². The number of rotatable bonds is 5. The molecule has 0 saturated heterocycles. The molecule has 0 unspecified atom stereocenters. The minimum atomic E-state index is 0.572. The van der Waals surface area contributed by atoms with Gasteiger partial charge in [0.2, 0.25) is 0 Å². The molecule has 4 nitrogen and oxygen atoms in total.